The Bertz CT molecular complexity index is 749. The van der Waals surface area contributed by atoms with Gasteiger partial charge in [-0.1, -0.05) is 5.16 Å². The molecule has 0 unspecified atom stereocenters. The maximum absolute atomic E-state index is 5.98. The summed E-state index contributed by atoms with van der Waals surface area (Å²) in [6.07, 6.45) is 4.17. The molecule has 134 valence electrons. The highest BCUT2D eigenvalue weighted by molar-refractivity contribution is 5.96. The summed E-state index contributed by atoms with van der Waals surface area (Å²) in [6.45, 7) is 8.30. The topological polar surface area (TPSA) is 56.9 Å². The first-order valence-electron chi connectivity index (χ1n) is 8.98. The lowest BCUT2D eigenvalue weighted by molar-refractivity contribution is 0.301. The van der Waals surface area contributed by atoms with Gasteiger partial charge in [0.15, 0.2) is 0 Å². The fourth-order valence-corrected chi connectivity index (χ4v) is 2.98. The van der Waals surface area contributed by atoms with Gasteiger partial charge in [-0.2, -0.15) is 0 Å². The van der Waals surface area contributed by atoms with Gasteiger partial charge >= 0.3 is 0 Å². The molecule has 0 amide bonds. The molecule has 0 aliphatic carbocycles. The molecule has 1 aliphatic rings. The van der Waals surface area contributed by atoms with E-state index in [1.807, 2.05) is 25.1 Å². The highest BCUT2D eigenvalue weighted by Gasteiger charge is 2.16. The quantitative estimate of drug-likeness (QED) is 0.676. The predicted molar refractivity (Wildman–Crippen MR) is 97.6 cm³/mol. The fraction of sp³-hybridized carbons (Fsp3) is 0.500. The smallest absolute Gasteiger partial charge is 0.216 e. The molecule has 0 N–H and O–H groups in total. The molecular formula is C20H26N2O3. The van der Waals surface area contributed by atoms with Crippen LogP contribution in [0.5, 0.6) is 5.75 Å². The lowest BCUT2D eigenvalue weighted by Crippen LogP contribution is -2.07. The van der Waals surface area contributed by atoms with Crippen molar-refractivity contribution >= 4 is 5.90 Å². The van der Waals surface area contributed by atoms with Crippen molar-refractivity contribution in [1.29, 1.82) is 0 Å². The highest BCUT2D eigenvalue weighted by atomic mass is 16.5. The molecule has 0 atom stereocenters. The SMILES string of the molecule is Cc1cc(CCCCCOc2ccc(C3=NCCO3)c(C)c2C)on1. The summed E-state index contributed by atoms with van der Waals surface area (Å²) >= 11 is 0. The van der Waals surface area contributed by atoms with Gasteiger partial charge in [0.2, 0.25) is 5.90 Å². The van der Waals surface area contributed by atoms with Crippen LogP contribution < -0.4 is 4.74 Å². The number of nitrogens with zero attached hydrogens (tertiary/aromatic N) is 2. The lowest BCUT2D eigenvalue weighted by atomic mass is 10.0. The van der Waals surface area contributed by atoms with Gasteiger partial charge in [-0.25, -0.2) is 4.99 Å². The summed E-state index contributed by atoms with van der Waals surface area (Å²) in [5.74, 6) is 2.68. The molecule has 1 aliphatic heterocycles. The van der Waals surface area contributed by atoms with E-state index in [1.54, 1.807) is 0 Å². The second kappa shape index (κ2) is 8.19. The van der Waals surface area contributed by atoms with E-state index >= 15 is 0 Å². The number of aromatic nitrogens is 1. The second-order valence-electron chi connectivity index (χ2n) is 6.49. The van der Waals surface area contributed by atoms with Crippen molar-refractivity contribution in [3.63, 3.8) is 0 Å². The zero-order chi connectivity index (χ0) is 17.6. The van der Waals surface area contributed by atoms with Crippen LogP contribution in [0.1, 0.15) is 47.4 Å². The third-order valence-electron chi connectivity index (χ3n) is 4.56. The van der Waals surface area contributed by atoms with Gasteiger partial charge in [0.1, 0.15) is 18.1 Å². The Morgan fingerprint density at radius 1 is 1.08 bits per heavy atom. The van der Waals surface area contributed by atoms with Crippen molar-refractivity contribution in [3.8, 4) is 5.75 Å². The van der Waals surface area contributed by atoms with Crippen LogP contribution in [0.25, 0.3) is 0 Å². The standard InChI is InChI=1S/C20H26N2O3/c1-14-13-17(25-22-14)7-5-4-6-11-23-19-9-8-18(15(2)16(19)3)20-21-10-12-24-20/h8-9,13H,4-7,10-12H2,1-3H3. The number of benzene rings is 1. The Hall–Kier alpha value is -2.30. The van der Waals surface area contributed by atoms with Gasteiger partial charge in [-0.3, -0.25) is 0 Å². The van der Waals surface area contributed by atoms with Gasteiger partial charge in [0.05, 0.1) is 18.8 Å². The molecule has 25 heavy (non-hydrogen) atoms. The predicted octanol–water partition coefficient (Wildman–Crippen LogP) is 4.17. The van der Waals surface area contributed by atoms with Crippen LogP contribution in [0.15, 0.2) is 27.7 Å². The number of aliphatic imine (C=N–C) groups is 1. The molecule has 0 saturated carbocycles. The molecule has 0 bridgehead atoms. The number of hydrogen-bond donors (Lipinski definition) is 0. The van der Waals surface area contributed by atoms with Crippen LogP contribution in [-0.2, 0) is 11.2 Å². The van der Waals surface area contributed by atoms with Crippen LogP contribution in [0.4, 0.5) is 0 Å². The monoisotopic (exact) mass is 342 g/mol. The summed E-state index contributed by atoms with van der Waals surface area (Å²) in [7, 11) is 0. The van der Waals surface area contributed by atoms with Crippen LogP contribution in [0.3, 0.4) is 0 Å². The van der Waals surface area contributed by atoms with Crippen molar-refractivity contribution in [1.82, 2.24) is 5.16 Å². The number of unbranched alkanes of at least 4 members (excludes halogenated alkanes) is 2. The van der Waals surface area contributed by atoms with Gasteiger partial charge in [0.25, 0.3) is 0 Å². The fourth-order valence-electron chi connectivity index (χ4n) is 2.98. The largest absolute Gasteiger partial charge is 0.493 e. The third kappa shape index (κ3) is 4.41. The van der Waals surface area contributed by atoms with E-state index in [2.05, 4.69) is 24.0 Å². The maximum atomic E-state index is 5.98. The Labute approximate surface area is 149 Å². The van der Waals surface area contributed by atoms with E-state index in [0.29, 0.717) is 6.61 Å². The average molecular weight is 342 g/mol. The van der Waals surface area contributed by atoms with Gasteiger partial charge in [-0.15, -0.1) is 0 Å². The molecule has 0 radical (unpaired) electrons. The molecule has 0 saturated heterocycles. The molecule has 1 aromatic carbocycles. The second-order valence-corrected chi connectivity index (χ2v) is 6.49. The first kappa shape index (κ1) is 17.5. The van der Waals surface area contributed by atoms with E-state index in [4.69, 9.17) is 14.0 Å². The minimum Gasteiger partial charge on any atom is -0.493 e. The van der Waals surface area contributed by atoms with Crippen LogP contribution in [0, 0.1) is 20.8 Å². The lowest BCUT2D eigenvalue weighted by Gasteiger charge is -2.14. The van der Waals surface area contributed by atoms with E-state index in [0.717, 1.165) is 73.1 Å². The van der Waals surface area contributed by atoms with E-state index in [-0.39, 0.29) is 0 Å². The van der Waals surface area contributed by atoms with Crippen molar-refractivity contribution in [2.75, 3.05) is 19.8 Å². The Morgan fingerprint density at radius 3 is 2.68 bits per heavy atom. The summed E-state index contributed by atoms with van der Waals surface area (Å²) in [5.41, 5.74) is 4.36. The normalized spacial score (nSPS) is 13.6. The first-order chi connectivity index (χ1) is 12.1. The molecule has 0 spiro atoms. The highest BCUT2D eigenvalue weighted by Crippen LogP contribution is 2.26. The van der Waals surface area contributed by atoms with E-state index in [1.165, 1.54) is 5.56 Å². The Balaban J connectivity index is 1.44. The third-order valence-corrected chi connectivity index (χ3v) is 4.56. The van der Waals surface area contributed by atoms with Gasteiger partial charge in [-0.05, 0) is 63.3 Å². The average Bonchev–Trinajstić information content (AvgIpc) is 3.26. The molecule has 0 fully saturated rings. The number of hydrogen-bond acceptors (Lipinski definition) is 5. The van der Waals surface area contributed by atoms with Gasteiger partial charge < -0.3 is 14.0 Å². The number of aryl methyl sites for hydroxylation is 2. The minimum atomic E-state index is 0.680. The molecule has 5 heteroatoms. The number of ether oxygens (including phenoxy) is 2. The van der Waals surface area contributed by atoms with Crippen LogP contribution in [0.2, 0.25) is 0 Å². The van der Waals surface area contributed by atoms with E-state index < -0.39 is 0 Å². The van der Waals surface area contributed by atoms with Crippen molar-refractivity contribution < 1.29 is 14.0 Å². The van der Waals surface area contributed by atoms with Crippen molar-refractivity contribution in [3.05, 3.63) is 46.3 Å². The summed E-state index contributed by atoms with van der Waals surface area (Å²) in [6, 6.07) is 6.08. The van der Waals surface area contributed by atoms with E-state index in [9.17, 15) is 0 Å². The Kier molecular flexibility index (Phi) is 5.74. The number of rotatable bonds is 8. The zero-order valence-corrected chi connectivity index (χ0v) is 15.3. The summed E-state index contributed by atoms with van der Waals surface area (Å²) < 4.78 is 16.8. The molecular weight excluding hydrogens is 316 g/mol. The van der Waals surface area contributed by atoms with Crippen molar-refractivity contribution in [2.24, 2.45) is 4.99 Å². The van der Waals surface area contributed by atoms with Gasteiger partial charge in [0, 0.05) is 18.1 Å². The summed E-state index contributed by atoms with van der Waals surface area (Å²) in [5, 5.41) is 3.91. The zero-order valence-electron chi connectivity index (χ0n) is 15.3. The first-order valence-corrected chi connectivity index (χ1v) is 8.98. The molecule has 2 heterocycles. The summed E-state index contributed by atoms with van der Waals surface area (Å²) in [4.78, 5) is 4.40. The Morgan fingerprint density at radius 2 is 1.96 bits per heavy atom. The van der Waals surface area contributed by atoms with Crippen LogP contribution in [-0.4, -0.2) is 30.8 Å². The van der Waals surface area contributed by atoms with Crippen molar-refractivity contribution in [2.45, 2.75) is 46.5 Å². The molecule has 3 rings (SSSR count). The molecule has 5 nitrogen and oxygen atoms in total. The van der Waals surface area contributed by atoms with Crippen LogP contribution >= 0.6 is 0 Å². The maximum Gasteiger partial charge on any atom is 0.216 e. The molecule has 2 aromatic rings. The molecule has 1 aromatic heterocycles. The minimum absolute atomic E-state index is 0.680.